The lowest BCUT2D eigenvalue weighted by molar-refractivity contribution is -0.122. The van der Waals surface area contributed by atoms with E-state index in [1.165, 1.54) is 0 Å². The zero-order chi connectivity index (χ0) is 9.80. The average Bonchev–Trinajstić information content (AvgIpc) is 2.87. The predicted molar refractivity (Wildman–Crippen MR) is 55.0 cm³/mol. The van der Waals surface area contributed by atoms with Gasteiger partial charge in [0, 0.05) is 11.1 Å². The number of rotatable bonds is 3. The molecule has 4 nitrogen and oxygen atoms in total. The van der Waals surface area contributed by atoms with Crippen molar-refractivity contribution < 1.29 is 4.79 Å². The highest BCUT2D eigenvalue weighted by Crippen LogP contribution is 2.07. The fraction of sp³-hybridized carbons (Fsp3) is 0.556. The van der Waals surface area contributed by atoms with Gasteiger partial charge in [0.05, 0.1) is 18.1 Å². The van der Waals surface area contributed by atoms with E-state index in [0.717, 1.165) is 24.3 Å². The summed E-state index contributed by atoms with van der Waals surface area (Å²) in [6.07, 6.45) is 3.83. The highest BCUT2D eigenvalue weighted by atomic mass is 32.1. The molecule has 0 unspecified atom stereocenters. The van der Waals surface area contributed by atoms with Crippen molar-refractivity contribution in [1.82, 2.24) is 15.6 Å². The summed E-state index contributed by atoms with van der Waals surface area (Å²) in [4.78, 5) is 16.6. The number of amides is 1. The van der Waals surface area contributed by atoms with Gasteiger partial charge in [-0.2, -0.15) is 0 Å². The van der Waals surface area contributed by atoms with Crippen LogP contribution < -0.4 is 10.6 Å². The van der Waals surface area contributed by atoms with Gasteiger partial charge in [0.15, 0.2) is 0 Å². The summed E-state index contributed by atoms with van der Waals surface area (Å²) in [7, 11) is 0. The van der Waals surface area contributed by atoms with Crippen LogP contribution in [-0.4, -0.2) is 23.5 Å². The van der Waals surface area contributed by atoms with Crippen LogP contribution in [-0.2, 0) is 11.3 Å². The molecule has 2 heterocycles. The van der Waals surface area contributed by atoms with E-state index in [0.29, 0.717) is 6.54 Å². The van der Waals surface area contributed by atoms with Crippen LogP contribution >= 0.6 is 11.3 Å². The maximum absolute atomic E-state index is 11.6. The Hall–Kier alpha value is -0.940. The summed E-state index contributed by atoms with van der Waals surface area (Å²) < 4.78 is 0. The van der Waals surface area contributed by atoms with Crippen LogP contribution in [0.1, 0.15) is 17.7 Å². The van der Waals surface area contributed by atoms with Crippen molar-refractivity contribution in [3.05, 3.63) is 16.6 Å². The standard InChI is InChI=1S/C9H13N3OS/c13-9(8-2-1-3-11-8)12-5-7-4-10-6-14-7/h4,6,8,11H,1-3,5H2,(H,12,13)/t8-/m0/s1. The lowest BCUT2D eigenvalue weighted by Crippen LogP contribution is -2.39. The molecule has 1 saturated heterocycles. The molecule has 2 N–H and O–H groups in total. The van der Waals surface area contributed by atoms with Gasteiger partial charge in [-0.15, -0.1) is 11.3 Å². The van der Waals surface area contributed by atoms with Gasteiger partial charge in [0.1, 0.15) is 0 Å². The minimum Gasteiger partial charge on any atom is -0.350 e. The molecule has 0 radical (unpaired) electrons. The van der Waals surface area contributed by atoms with Crippen LogP contribution in [0, 0.1) is 0 Å². The number of thiazole rings is 1. The molecular weight excluding hydrogens is 198 g/mol. The quantitative estimate of drug-likeness (QED) is 0.766. The number of nitrogens with one attached hydrogen (secondary N) is 2. The molecule has 1 atom stereocenters. The van der Waals surface area contributed by atoms with Crippen LogP contribution in [0.15, 0.2) is 11.7 Å². The third-order valence-electron chi connectivity index (χ3n) is 2.30. The molecule has 0 spiro atoms. The third kappa shape index (κ3) is 2.30. The Balaban J connectivity index is 1.77. The fourth-order valence-electron chi connectivity index (χ4n) is 1.54. The molecule has 1 amide bonds. The number of nitrogens with zero attached hydrogens (tertiary/aromatic N) is 1. The molecule has 76 valence electrons. The number of aromatic nitrogens is 1. The second-order valence-electron chi connectivity index (χ2n) is 3.33. The zero-order valence-electron chi connectivity index (χ0n) is 7.82. The van der Waals surface area contributed by atoms with Gasteiger partial charge in [-0.25, -0.2) is 0 Å². The Morgan fingerprint density at radius 3 is 3.36 bits per heavy atom. The van der Waals surface area contributed by atoms with Crippen molar-refractivity contribution in [3.63, 3.8) is 0 Å². The largest absolute Gasteiger partial charge is 0.350 e. The average molecular weight is 211 g/mol. The first-order valence-corrected chi connectivity index (χ1v) is 5.62. The summed E-state index contributed by atoms with van der Waals surface area (Å²) >= 11 is 1.56. The highest BCUT2D eigenvalue weighted by Gasteiger charge is 2.21. The predicted octanol–water partition coefficient (Wildman–Crippen LogP) is 0.511. The second-order valence-corrected chi connectivity index (χ2v) is 4.31. The van der Waals surface area contributed by atoms with Crippen molar-refractivity contribution >= 4 is 17.2 Å². The van der Waals surface area contributed by atoms with Crippen molar-refractivity contribution in [1.29, 1.82) is 0 Å². The summed E-state index contributed by atoms with van der Waals surface area (Å²) in [5.74, 6) is 0.107. The molecule has 1 aromatic heterocycles. The maximum Gasteiger partial charge on any atom is 0.237 e. The van der Waals surface area contributed by atoms with Crippen molar-refractivity contribution in [2.45, 2.75) is 25.4 Å². The van der Waals surface area contributed by atoms with Crippen LogP contribution in [0.5, 0.6) is 0 Å². The van der Waals surface area contributed by atoms with E-state index in [2.05, 4.69) is 15.6 Å². The number of carbonyl (C=O) groups is 1. The van der Waals surface area contributed by atoms with Crippen LogP contribution in [0.3, 0.4) is 0 Å². The van der Waals surface area contributed by atoms with E-state index in [1.54, 1.807) is 23.0 Å². The zero-order valence-corrected chi connectivity index (χ0v) is 8.64. The van der Waals surface area contributed by atoms with E-state index in [4.69, 9.17) is 0 Å². The van der Waals surface area contributed by atoms with Crippen molar-refractivity contribution in [2.75, 3.05) is 6.54 Å². The molecule has 1 fully saturated rings. The Labute approximate surface area is 86.7 Å². The summed E-state index contributed by atoms with van der Waals surface area (Å²) in [5, 5.41) is 6.06. The number of hydrogen-bond donors (Lipinski definition) is 2. The van der Waals surface area contributed by atoms with Crippen LogP contribution in [0.4, 0.5) is 0 Å². The lowest BCUT2D eigenvalue weighted by atomic mass is 10.2. The van der Waals surface area contributed by atoms with E-state index >= 15 is 0 Å². The van der Waals surface area contributed by atoms with Crippen LogP contribution in [0.2, 0.25) is 0 Å². The minimum absolute atomic E-state index is 0.0166. The molecule has 0 saturated carbocycles. The summed E-state index contributed by atoms with van der Waals surface area (Å²) in [6.45, 7) is 1.56. The molecule has 14 heavy (non-hydrogen) atoms. The van der Waals surface area contributed by atoms with E-state index in [-0.39, 0.29) is 11.9 Å². The summed E-state index contributed by atoms with van der Waals surface area (Å²) in [5.41, 5.74) is 1.77. The van der Waals surface area contributed by atoms with E-state index < -0.39 is 0 Å². The summed E-state index contributed by atoms with van der Waals surface area (Å²) in [6, 6.07) is 0.0166. The Morgan fingerprint density at radius 2 is 2.71 bits per heavy atom. The monoisotopic (exact) mass is 211 g/mol. The lowest BCUT2D eigenvalue weighted by Gasteiger charge is -2.09. The second kappa shape index (κ2) is 4.52. The SMILES string of the molecule is O=C(NCc1cncs1)[C@@H]1CCCN1. The first kappa shape index (κ1) is 9.61. The smallest absolute Gasteiger partial charge is 0.237 e. The van der Waals surface area contributed by atoms with Gasteiger partial charge in [-0.1, -0.05) is 0 Å². The normalized spacial score (nSPS) is 21.0. The van der Waals surface area contributed by atoms with Gasteiger partial charge >= 0.3 is 0 Å². The van der Waals surface area contributed by atoms with E-state index in [1.807, 2.05) is 0 Å². The topological polar surface area (TPSA) is 54.0 Å². The molecule has 0 bridgehead atoms. The van der Waals surface area contributed by atoms with Gasteiger partial charge in [0.2, 0.25) is 5.91 Å². The minimum atomic E-state index is 0.0166. The Morgan fingerprint density at radius 1 is 1.79 bits per heavy atom. The third-order valence-corrected chi connectivity index (χ3v) is 3.08. The molecular formula is C9H13N3OS. The molecule has 1 aliphatic rings. The fourth-order valence-corrected chi connectivity index (χ4v) is 2.07. The molecule has 0 aliphatic carbocycles. The molecule has 5 heteroatoms. The first-order valence-electron chi connectivity index (χ1n) is 4.75. The van der Waals surface area contributed by atoms with Crippen molar-refractivity contribution in [2.24, 2.45) is 0 Å². The highest BCUT2D eigenvalue weighted by molar-refractivity contribution is 7.09. The molecule has 1 aliphatic heterocycles. The molecule has 0 aromatic carbocycles. The van der Waals surface area contributed by atoms with Crippen molar-refractivity contribution in [3.8, 4) is 0 Å². The molecule has 1 aromatic rings. The first-order chi connectivity index (χ1) is 6.86. The number of carbonyl (C=O) groups excluding carboxylic acids is 1. The van der Waals surface area contributed by atoms with Gasteiger partial charge in [-0.05, 0) is 19.4 Å². The van der Waals surface area contributed by atoms with Gasteiger partial charge < -0.3 is 10.6 Å². The van der Waals surface area contributed by atoms with Gasteiger partial charge in [-0.3, -0.25) is 9.78 Å². The van der Waals surface area contributed by atoms with E-state index in [9.17, 15) is 4.79 Å². The van der Waals surface area contributed by atoms with Gasteiger partial charge in [0.25, 0.3) is 0 Å². The Kier molecular flexibility index (Phi) is 3.10. The Bertz CT molecular complexity index is 293. The number of hydrogen-bond acceptors (Lipinski definition) is 4. The molecule has 2 rings (SSSR count). The maximum atomic E-state index is 11.6. The van der Waals surface area contributed by atoms with Crippen LogP contribution in [0.25, 0.3) is 0 Å².